The minimum absolute atomic E-state index is 0.0363. The number of benzene rings is 2. The number of hydrogen-bond donors (Lipinski definition) is 2. The summed E-state index contributed by atoms with van der Waals surface area (Å²) in [6.07, 6.45) is 6.66. The number of ether oxygens (including phenoxy) is 2. The number of Topliss-reactive ketones (excluding diaryl/α,β-unsaturated/α-hetero) is 1. The summed E-state index contributed by atoms with van der Waals surface area (Å²) in [5.41, 5.74) is 13.7. The van der Waals surface area contributed by atoms with Crippen LogP contribution in [0.3, 0.4) is 0 Å². The van der Waals surface area contributed by atoms with Gasteiger partial charge in [0.2, 0.25) is 0 Å². The minimum Gasteiger partial charge on any atom is -0.425 e. The van der Waals surface area contributed by atoms with Gasteiger partial charge >= 0.3 is 11.9 Å². The molecule has 0 saturated heterocycles. The summed E-state index contributed by atoms with van der Waals surface area (Å²) < 4.78 is 10.6. The van der Waals surface area contributed by atoms with Crippen molar-refractivity contribution in [1.29, 1.82) is 0 Å². The van der Waals surface area contributed by atoms with Gasteiger partial charge in [-0.3, -0.25) is 9.59 Å². The maximum Gasteiger partial charge on any atom is 0.328 e. The molecule has 0 aromatic heterocycles. The molecule has 8 heteroatoms. The number of esters is 2. The second kappa shape index (κ2) is 14.0. The first-order valence-electron chi connectivity index (χ1n) is 13.6. The molecule has 0 amide bonds. The lowest BCUT2D eigenvalue weighted by Crippen LogP contribution is -2.38. The van der Waals surface area contributed by atoms with E-state index in [9.17, 15) is 19.2 Å². The summed E-state index contributed by atoms with van der Waals surface area (Å²) in [7, 11) is 0. The molecule has 8 nitrogen and oxygen atoms in total. The average Bonchev–Trinajstić information content (AvgIpc) is 2.93. The predicted octanol–water partition coefficient (Wildman–Crippen LogP) is 4.50. The molecule has 0 aliphatic heterocycles. The topological polar surface area (TPSA) is 139 Å². The summed E-state index contributed by atoms with van der Waals surface area (Å²) in [4.78, 5) is 50.1. The number of nitrogens with two attached hydrogens (primary N) is 2. The third-order valence-electron chi connectivity index (χ3n) is 6.87. The molecule has 2 aromatic carbocycles. The second-order valence-electron chi connectivity index (χ2n) is 10.7. The molecular formula is C32H38N2O6. The number of allylic oxidation sites excluding steroid dienone is 2. The van der Waals surface area contributed by atoms with Crippen LogP contribution >= 0.6 is 0 Å². The standard InChI is InChI=1S/C32H38N2O6/c1-19(2)28(33)31(37)39-24-13-8-21(9-14-24)12-17-27(35)26-7-5-6-23(30(26)36)18-22-10-15-25(16-11-22)40-32(38)29(34)20(3)4/h8-20,26,28-29H,5-7,33-34H2,1-4H3/b17-12+,23-18+. The molecule has 1 aliphatic rings. The van der Waals surface area contributed by atoms with Crippen LogP contribution in [-0.2, 0) is 19.2 Å². The zero-order valence-electron chi connectivity index (χ0n) is 23.5. The molecule has 0 radical (unpaired) electrons. The Morgan fingerprint density at radius 2 is 1.27 bits per heavy atom. The Labute approximate surface area is 235 Å². The van der Waals surface area contributed by atoms with Crippen LogP contribution in [0, 0.1) is 17.8 Å². The van der Waals surface area contributed by atoms with E-state index in [1.807, 2.05) is 27.7 Å². The van der Waals surface area contributed by atoms with Gasteiger partial charge in [0, 0.05) is 0 Å². The Morgan fingerprint density at radius 1 is 0.800 bits per heavy atom. The summed E-state index contributed by atoms with van der Waals surface area (Å²) in [6, 6.07) is 12.1. The SMILES string of the molecule is CC(C)C(N)C(=O)Oc1ccc(/C=C/C(=O)C2CCC/C(=C\c3ccc(OC(=O)C(N)C(C)C)cc3)C2=O)cc1. The summed E-state index contributed by atoms with van der Waals surface area (Å²) >= 11 is 0. The van der Waals surface area contributed by atoms with Crippen molar-refractivity contribution in [2.24, 2.45) is 29.2 Å². The minimum atomic E-state index is -0.730. The molecular weight excluding hydrogens is 508 g/mol. The Balaban J connectivity index is 1.61. The van der Waals surface area contributed by atoms with Crippen LogP contribution in [0.1, 0.15) is 58.1 Å². The van der Waals surface area contributed by atoms with Crippen LogP contribution in [0.4, 0.5) is 0 Å². The van der Waals surface area contributed by atoms with Gasteiger partial charge in [-0.05, 0) is 84.2 Å². The van der Waals surface area contributed by atoms with E-state index in [-0.39, 0.29) is 23.4 Å². The van der Waals surface area contributed by atoms with Gasteiger partial charge in [-0.1, -0.05) is 58.0 Å². The van der Waals surface area contributed by atoms with Gasteiger partial charge in [0.1, 0.15) is 23.6 Å². The molecule has 0 bridgehead atoms. The van der Waals surface area contributed by atoms with E-state index in [4.69, 9.17) is 20.9 Å². The lowest BCUT2D eigenvalue weighted by atomic mass is 9.81. The Kier molecular flexibility index (Phi) is 10.7. The quantitative estimate of drug-likeness (QED) is 0.192. The Bertz CT molecular complexity index is 1280. The molecule has 2 aromatic rings. The molecule has 1 saturated carbocycles. The van der Waals surface area contributed by atoms with E-state index in [0.717, 1.165) is 17.5 Å². The van der Waals surface area contributed by atoms with Crippen molar-refractivity contribution in [3.05, 3.63) is 71.3 Å². The fourth-order valence-corrected chi connectivity index (χ4v) is 4.08. The molecule has 1 aliphatic carbocycles. The highest BCUT2D eigenvalue weighted by molar-refractivity contribution is 6.16. The monoisotopic (exact) mass is 546 g/mol. The van der Waals surface area contributed by atoms with Crippen LogP contribution in [-0.4, -0.2) is 35.6 Å². The first-order valence-corrected chi connectivity index (χ1v) is 13.6. The largest absolute Gasteiger partial charge is 0.425 e. The van der Waals surface area contributed by atoms with Gasteiger partial charge in [0.25, 0.3) is 0 Å². The molecule has 3 unspecified atom stereocenters. The first kappa shape index (κ1) is 30.7. The summed E-state index contributed by atoms with van der Waals surface area (Å²) in [6.45, 7) is 7.38. The van der Waals surface area contributed by atoms with E-state index >= 15 is 0 Å². The summed E-state index contributed by atoms with van der Waals surface area (Å²) in [5.74, 6) is -1.49. The maximum absolute atomic E-state index is 13.1. The number of ketones is 2. The molecule has 3 atom stereocenters. The van der Waals surface area contributed by atoms with Crippen molar-refractivity contribution in [3.8, 4) is 11.5 Å². The van der Waals surface area contributed by atoms with E-state index in [1.165, 1.54) is 6.08 Å². The van der Waals surface area contributed by atoms with Crippen molar-refractivity contribution in [2.75, 3.05) is 0 Å². The molecule has 212 valence electrons. The molecule has 4 N–H and O–H groups in total. The normalized spacial score (nSPS) is 18.2. The van der Waals surface area contributed by atoms with Gasteiger partial charge in [-0.25, -0.2) is 9.59 Å². The van der Waals surface area contributed by atoms with Crippen molar-refractivity contribution in [3.63, 3.8) is 0 Å². The van der Waals surface area contributed by atoms with Crippen LogP contribution in [0.25, 0.3) is 12.2 Å². The van der Waals surface area contributed by atoms with Crippen molar-refractivity contribution < 1.29 is 28.7 Å². The summed E-state index contributed by atoms with van der Waals surface area (Å²) in [5, 5.41) is 0. The van der Waals surface area contributed by atoms with Gasteiger partial charge in [-0.2, -0.15) is 0 Å². The lowest BCUT2D eigenvalue weighted by Gasteiger charge is -2.21. The molecule has 1 fully saturated rings. The first-order chi connectivity index (χ1) is 19.0. The second-order valence-corrected chi connectivity index (χ2v) is 10.7. The van der Waals surface area contributed by atoms with Crippen molar-refractivity contribution in [2.45, 2.75) is 59.0 Å². The number of rotatable bonds is 10. The van der Waals surface area contributed by atoms with Gasteiger partial charge in [-0.15, -0.1) is 0 Å². The van der Waals surface area contributed by atoms with Crippen molar-refractivity contribution in [1.82, 2.24) is 0 Å². The third kappa shape index (κ3) is 8.31. The molecule has 3 rings (SSSR count). The van der Waals surface area contributed by atoms with E-state index < -0.39 is 29.9 Å². The highest BCUT2D eigenvalue weighted by atomic mass is 16.5. The number of carbonyl (C=O) groups excluding carboxylic acids is 4. The number of carbonyl (C=O) groups is 4. The van der Waals surface area contributed by atoms with Crippen LogP contribution in [0.2, 0.25) is 0 Å². The third-order valence-corrected chi connectivity index (χ3v) is 6.87. The Hall–Kier alpha value is -3.88. The van der Waals surface area contributed by atoms with E-state index in [1.54, 1.807) is 60.7 Å². The highest BCUT2D eigenvalue weighted by Gasteiger charge is 2.30. The zero-order chi connectivity index (χ0) is 29.4. The molecule has 0 heterocycles. The van der Waals surface area contributed by atoms with Crippen LogP contribution in [0.15, 0.2) is 60.2 Å². The molecule has 0 spiro atoms. The smallest absolute Gasteiger partial charge is 0.328 e. The fraction of sp³-hybridized carbons (Fsp3) is 0.375. The van der Waals surface area contributed by atoms with Crippen LogP contribution in [0.5, 0.6) is 11.5 Å². The van der Waals surface area contributed by atoms with Gasteiger partial charge in [0.15, 0.2) is 11.6 Å². The van der Waals surface area contributed by atoms with E-state index in [0.29, 0.717) is 29.9 Å². The Morgan fingerprint density at radius 3 is 1.75 bits per heavy atom. The van der Waals surface area contributed by atoms with E-state index in [2.05, 4.69) is 0 Å². The number of hydrogen-bond acceptors (Lipinski definition) is 8. The average molecular weight is 547 g/mol. The van der Waals surface area contributed by atoms with Crippen molar-refractivity contribution >= 4 is 35.7 Å². The van der Waals surface area contributed by atoms with Gasteiger partial charge < -0.3 is 20.9 Å². The highest BCUT2D eigenvalue weighted by Crippen LogP contribution is 2.29. The lowest BCUT2D eigenvalue weighted by molar-refractivity contribution is -0.137. The molecule has 40 heavy (non-hydrogen) atoms. The van der Waals surface area contributed by atoms with Gasteiger partial charge in [0.05, 0.1) is 5.92 Å². The maximum atomic E-state index is 13.1. The predicted molar refractivity (Wildman–Crippen MR) is 154 cm³/mol. The zero-order valence-corrected chi connectivity index (χ0v) is 23.5. The van der Waals surface area contributed by atoms with Crippen LogP contribution < -0.4 is 20.9 Å². The fourth-order valence-electron chi connectivity index (χ4n) is 4.08.